The van der Waals surface area contributed by atoms with Crippen LogP contribution in [0.15, 0.2) is 62.9 Å². The maximum atomic E-state index is 13.3. The normalized spacial score (nSPS) is 11.4. The number of benzene rings is 2. The fraction of sp³-hybridized carbons (Fsp3) is 0.286. The summed E-state index contributed by atoms with van der Waals surface area (Å²) in [5.74, 6) is 0.813. The molecule has 4 rings (SSSR count). The highest BCUT2D eigenvalue weighted by Gasteiger charge is 2.13. The second-order valence-corrected chi connectivity index (χ2v) is 9.47. The number of ether oxygens (including phenoxy) is 2. The van der Waals surface area contributed by atoms with E-state index in [9.17, 15) is 9.59 Å². The van der Waals surface area contributed by atoms with Gasteiger partial charge in [0.15, 0.2) is 6.61 Å². The molecule has 0 saturated carbocycles. The van der Waals surface area contributed by atoms with Crippen molar-refractivity contribution in [3.8, 4) is 11.4 Å². The molecule has 37 heavy (non-hydrogen) atoms. The first-order valence-electron chi connectivity index (χ1n) is 12.2. The van der Waals surface area contributed by atoms with E-state index in [1.54, 1.807) is 19.2 Å². The largest absolute Gasteiger partial charge is 0.482 e. The van der Waals surface area contributed by atoms with Crippen LogP contribution in [-0.2, 0) is 16.0 Å². The van der Waals surface area contributed by atoms with Gasteiger partial charge in [0, 0.05) is 33.5 Å². The van der Waals surface area contributed by atoms with Gasteiger partial charge in [-0.1, -0.05) is 22.9 Å². The molecule has 0 atom stereocenters. The molecular formula is C28H29BrN4O4. The Kier molecular flexibility index (Phi) is 8.23. The van der Waals surface area contributed by atoms with Gasteiger partial charge in [-0.15, -0.1) is 0 Å². The van der Waals surface area contributed by atoms with Gasteiger partial charge in [-0.3, -0.25) is 4.79 Å². The molecule has 8 nitrogen and oxygen atoms in total. The topological polar surface area (TPSA) is 87.7 Å². The van der Waals surface area contributed by atoms with Gasteiger partial charge in [0.1, 0.15) is 11.6 Å². The summed E-state index contributed by atoms with van der Waals surface area (Å²) in [5.41, 5.74) is 4.29. The Morgan fingerprint density at radius 2 is 1.86 bits per heavy atom. The van der Waals surface area contributed by atoms with Crippen molar-refractivity contribution >= 4 is 39.0 Å². The van der Waals surface area contributed by atoms with Crippen LogP contribution in [0.4, 0.5) is 0 Å². The summed E-state index contributed by atoms with van der Waals surface area (Å²) in [4.78, 5) is 29.5. The number of hydrogen-bond donors (Lipinski definition) is 0. The number of aromatic nitrogens is 3. The molecule has 0 saturated heterocycles. The SMILES string of the molecule is CCCc1nc2ccc(Br)cc2c(=O)n1N=Cc1cc(C)n(-c2ccc(OCC(=O)OCC)cc2)c1C. The summed E-state index contributed by atoms with van der Waals surface area (Å²) in [7, 11) is 0. The van der Waals surface area contributed by atoms with Crippen LogP contribution in [0.3, 0.4) is 0 Å². The van der Waals surface area contributed by atoms with Gasteiger partial charge in [0.2, 0.25) is 0 Å². The summed E-state index contributed by atoms with van der Waals surface area (Å²) in [6.07, 6.45) is 3.20. The standard InChI is InChI=1S/C28H29BrN4O4/c1-5-7-26-31-25-13-8-21(29)15-24(25)28(35)33(26)30-16-20-14-18(3)32(19(20)4)22-9-11-23(12-10-22)37-17-27(34)36-6-2/h8-16H,5-7,17H2,1-4H3. The van der Waals surface area contributed by atoms with Crippen LogP contribution in [0.25, 0.3) is 16.6 Å². The quantitative estimate of drug-likeness (QED) is 0.202. The van der Waals surface area contributed by atoms with Gasteiger partial charge >= 0.3 is 5.97 Å². The molecule has 4 aromatic rings. The molecular weight excluding hydrogens is 536 g/mol. The van der Waals surface area contributed by atoms with Gasteiger partial charge in [0.25, 0.3) is 5.56 Å². The number of carbonyl (C=O) groups is 1. The molecule has 0 aliphatic carbocycles. The van der Waals surface area contributed by atoms with Gasteiger partial charge in [0.05, 0.1) is 23.7 Å². The monoisotopic (exact) mass is 564 g/mol. The maximum absolute atomic E-state index is 13.3. The predicted molar refractivity (Wildman–Crippen MR) is 148 cm³/mol. The Morgan fingerprint density at radius 3 is 2.57 bits per heavy atom. The van der Waals surface area contributed by atoms with Crippen LogP contribution in [0, 0.1) is 13.8 Å². The average molecular weight is 565 g/mol. The van der Waals surface area contributed by atoms with E-state index in [1.807, 2.05) is 63.2 Å². The fourth-order valence-electron chi connectivity index (χ4n) is 4.17. The van der Waals surface area contributed by atoms with Gasteiger partial charge in [-0.25, -0.2) is 9.78 Å². The molecule has 2 heterocycles. The molecule has 0 unspecified atom stereocenters. The molecule has 9 heteroatoms. The summed E-state index contributed by atoms with van der Waals surface area (Å²) in [6.45, 7) is 8.02. The molecule has 0 spiro atoms. The van der Waals surface area contributed by atoms with Crippen LogP contribution >= 0.6 is 15.9 Å². The smallest absolute Gasteiger partial charge is 0.344 e. The summed E-state index contributed by atoms with van der Waals surface area (Å²) >= 11 is 3.44. The Balaban J connectivity index is 1.63. The minimum atomic E-state index is -0.400. The number of aryl methyl sites for hydroxylation is 2. The van der Waals surface area contributed by atoms with Crippen molar-refractivity contribution in [1.29, 1.82) is 0 Å². The van der Waals surface area contributed by atoms with Crippen molar-refractivity contribution in [2.75, 3.05) is 13.2 Å². The van der Waals surface area contributed by atoms with Crippen molar-refractivity contribution in [3.05, 3.63) is 86.1 Å². The van der Waals surface area contributed by atoms with Crippen LogP contribution in [-0.4, -0.2) is 39.6 Å². The third-order valence-corrected chi connectivity index (χ3v) is 6.38. The van der Waals surface area contributed by atoms with Crippen molar-refractivity contribution < 1.29 is 14.3 Å². The molecule has 0 aliphatic rings. The molecule has 192 valence electrons. The summed E-state index contributed by atoms with van der Waals surface area (Å²) in [6, 6.07) is 15.0. The molecule has 0 fully saturated rings. The number of fused-ring (bicyclic) bond motifs is 1. The highest BCUT2D eigenvalue weighted by molar-refractivity contribution is 9.10. The van der Waals surface area contributed by atoms with E-state index in [1.165, 1.54) is 4.68 Å². The number of halogens is 1. The van der Waals surface area contributed by atoms with E-state index < -0.39 is 5.97 Å². The van der Waals surface area contributed by atoms with Crippen molar-refractivity contribution in [1.82, 2.24) is 14.2 Å². The van der Waals surface area contributed by atoms with Crippen LogP contribution in [0.2, 0.25) is 0 Å². The third-order valence-electron chi connectivity index (χ3n) is 5.89. The van der Waals surface area contributed by atoms with E-state index in [0.717, 1.165) is 33.5 Å². The van der Waals surface area contributed by atoms with Crippen LogP contribution in [0.1, 0.15) is 43.0 Å². The average Bonchev–Trinajstić information content (AvgIpc) is 3.16. The molecule has 0 amide bonds. The fourth-order valence-corrected chi connectivity index (χ4v) is 4.53. The third kappa shape index (κ3) is 5.83. The molecule has 0 N–H and O–H groups in total. The first kappa shape index (κ1) is 26.3. The van der Waals surface area contributed by atoms with Gasteiger partial charge in [-0.2, -0.15) is 9.78 Å². The number of esters is 1. The van der Waals surface area contributed by atoms with Crippen LogP contribution in [0.5, 0.6) is 5.75 Å². The minimum Gasteiger partial charge on any atom is -0.482 e. The van der Waals surface area contributed by atoms with Gasteiger partial charge < -0.3 is 14.0 Å². The lowest BCUT2D eigenvalue weighted by atomic mass is 10.2. The summed E-state index contributed by atoms with van der Waals surface area (Å²) < 4.78 is 14.7. The Morgan fingerprint density at radius 1 is 1.11 bits per heavy atom. The van der Waals surface area contributed by atoms with E-state index in [-0.39, 0.29) is 12.2 Å². The summed E-state index contributed by atoms with van der Waals surface area (Å²) in [5, 5.41) is 5.09. The number of nitrogens with zero attached hydrogens (tertiary/aromatic N) is 4. The van der Waals surface area contributed by atoms with Gasteiger partial charge in [-0.05, 0) is 75.7 Å². The van der Waals surface area contributed by atoms with E-state index in [2.05, 4.69) is 25.6 Å². The molecule has 0 aliphatic heterocycles. The highest BCUT2D eigenvalue weighted by atomic mass is 79.9. The lowest BCUT2D eigenvalue weighted by Crippen LogP contribution is -2.22. The second-order valence-electron chi connectivity index (χ2n) is 8.55. The molecule has 0 radical (unpaired) electrons. The molecule has 0 bridgehead atoms. The number of hydrogen-bond acceptors (Lipinski definition) is 6. The minimum absolute atomic E-state index is 0.130. The van der Waals surface area contributed by atoms with Crippen molar-refractivity contribution in [3.63, 3.8) is 0 Å². The molecule has 2 aromatic heterocycles. The van der Waals surface area contributed by atoms with Crippen molar-refractivity contribution in [2.45, 2.75) is 40.5 Å². The lowest BCUT2D eigenvalue weighted by molar-refractivity contribution is -0.145. The zero-order valence-corrected chi connectivity index (χ0v) is 22.9. The highest BCUT2D eigenvalue weighted by Crippen LogP contribution is 2.22. The number of carbonyl (C=O) groups excluding carboxylic acids is 1. The zero-order chi connectivity index (χ0) is 26.5. The van der Waals surface area contributed by atoms with E-state index in [0.29, 0.717) is 35.5 Å². The van der Waals surface area contributed by atoms with E-state index >= 15 is 0 Å². The number of rotatable bonds is 9. The first-order chi connectivity index (χ1) is 17.8. The molecule has 2 aromatic carbocycles. The Bertz CT molecular complexity index is 1520. The first-order valence-corrected chi connectivity index (χ1v) is 12.9. The lowest BCUT2D eigenvalue weighted by Gasteiger charge is -2.11. The Hall–Kier alpha value is -3.72. The Labute approximate surface area is 223 Å². The maximum Gasteiger partial charge on any atom is 0.344 e. The second kappa shape index (κ2) is 11.6. The van der Waals surface area contributed by atoms with Crippen LogP contribution < -0.4 is 10.3 Å². The zero-order valence-electron chi connectivity index (χ0n) is 21.3. The van der Waals surface area contributed by atoms with E-state index in [4.69, 9.17) is 14.5 Å². The predicted octanol–water partition coefficient (Wildman–Crippen LogP) is 5.34. The van der Waals surface area contributed by atoms with Crippen molar-refractivity contribution in [2.24, 2.45) is 5.10 Å².